The number of alkyl halides is 2. The highest BCUT2D eigenvalue weighted by Gasteiger charge is 2.08. The summed E-state index contributed by atoms with van der Waals surface area (Å²) in [7, 11) is 0. The lowest BCUT2D eigenvalue weighted by molar-refractivity contribution is -0.0498. The topological polar surface area (TPSA) is 73.1 Å². The number of ether oxygens (including phenoxy) is 1. The number of anilines is 1. The van der Waals surface area contributed by atoms with Crippen molar-refractivity contribution in [2.75, 3.05) is 5.43 Å². The van der Waals surface area contributed by atoms with Crippen LogP contribution in [0.5, 0.6) is 5.75 Å². The molecule has 5 nitrogen and oxygen atoms in total. The van der Waals surface area contributed by atoms with E-state index in [2.05, 4.69) is 20.1 Å². The van der Waals surface area contributed by atoms with Crippen LogP contribution < -0.4 is 16.0 Å². The van der Waals surface area contributed by atoms with Crippen molar-refractivity contribution in [1.29, 1.82) is 0 Å². The first kappa shape index (κ1) is 15.1. The second-order valence-corrected chi connectivity index (χ2v) is 4.37. The van der Waals surface area contributed by atoms with Crippen molar-refractivity contribution >= 4 is 5.82 Å². The minimum atomic E-state index is -2.84. The third-order valence-corrected chi connectivity index (χ3v) is 2.77. The second kappa shape index (κ2) is 6.94. The standard InChI is InChI=1S/C14H16F2N4O/c1-2-3-10-8-12(20-17)19-13(18-10)9-4-6-11(7-5-9)21-14(15)16/h4-8,14H,2-3,17H2,1H3,(H,18,19,20). The number of nitrogens with one attached hydrogen (secondary N) is 1. The van der Waals surface area contributed by atoms with Crippen molar-refractivity contribution in [3.05, 3.63) is 36.0 Å². The normalized spacial score (nSPS) is 10.7. The Labute approximate surface area is 121 Å². The SMILES string of the molecule is CCCc1cc(NN)nc(-c2ccc(OC(F)F)cc2)n1. The van der Waals surface area contributed by atoms with Gasteiger partial charge in [-0.25, -0.2) is 15.8 Å². The molecule has 1 aromatic heterocycles. The number of aromatic nitrogens is 2. The summed E-state index contributed by atoms with van der Waals surface area (Å²) in [5.41, 5.74) is 4.06. The monoisotopic (exact) mass is 294 g/mol. The summed E-state index contributed by atoms with van der Waals surface area (Å²) in [6.45, 7) is -0.790. The Hall–Kier alpha value is -2.28. The fourth-order valence-electron chi connectivity index (χ4n) is 1.87. The molecule has 21 heavy (non-hydrogen) atoms. The number of nitrogen functional groups attached to an aromatic ring is 1. The molecule has 2 rings (SSSR count). The Morgan fingerprint density at radius 2 is 1.95 bits per heavy atom. The molecule has 0 spiro atoms. The van der Waals surface area contributed by atoms with Crippen molar-refractivity contribution in [1.82, 2.24) is 9.97 Å². The lowest BCUT2D eigenvalue weighted by atomic mass is 10.2. The number of benzene rings is 1. The van der Waals surface area contributed by atoms with Gasteiger partial charge in [-0.05, 0) is 30.7 Å². The molecule has 112 valence electrons. The van der Waals surface area contributed by atoms with Gasteiger partial charge in [0.25, 0.3) is 0 Å². The molecule has 0 unspecified atom stereocenters. The zero-order chi connectivity index (χ0) is 15.2. The third kappa shape index (κ3) is 4.09. The number of halogens is 2. The van der Waals surface area contributed by atoms with Crippen LogP contribution in [0.1, 0.15) is 19.0 Å². The van der Waals surface area contributed by atoms with Crippen LogP contribution in [0.2, 0.25) is 0 Å². The Kier molecular flexibility index (Phi) is 4.99. The van der Waals surface area contributed by atoms with Crippen molar-refractivity contribution in [2.45, 2.75) is 26.4 Å². The van der Waals surface area contributed by atoms with E-state index in [1.54, 1.807) is 18.2 Å². The third-order valence-electron chi connectivity index (χ3n) is 2.77. The number of hydrazine groups is 1. The van der Waals surface area contributed by atoms with E-state index in [0.29, 0.717) is 17.2 Å². The number of hydrogen-bond donors (Lipinski definition) is 2. The van der Waals surface area contributed by atoms with Gasteiger partial charge in [0.05, 0.1) is 0 Å². The van der Waals surface area contributed by atoms with Crippen LogP contribution in [0.3, 0.4) is 0 Å². The summed E-state index contributed by atoms with van der Waals surface area (Å²) in [6, 6.07) is 7.94. The Balaban J connectivity index is 2.29. The maximum absolute atomic E-state index is 12.1. The number of hydrogen-bond acceptors (Lipinski definition) is 5. The fourth-order valence-corrected chi connectivity index (χ4v) is 1.87. The van der Waals surface area contributed by atoms with Gasteiger partial charge in [-0.1, -0.05) is 13.3 Å². The zero-order valence-electron chi connectivity index (χ0n) is 11.5. The number of rotatable bonds is 6. The van der Waals surface area contributed by atoms with Crippen LogP contribution in [-0.4, -0.2) is 16.6 Å². The van der Waals surface area contributed by atoms with Crippen molar-refractivity contribution in [3.8, 4) is 17.1 Å². The second-order valence-electron chi connectivity index (χ2n) is 4.37. The minimum absolute atomic E-state index is 0.0932. The van der Waals surface area contributed by atoms with Gasteiger partial charge in [0.1, 0.15) is 11.6 Å². The average molecular weight is 294 g/mol. The number of nitrogens with zero attached hydrogens (tertiary/aromatic N) is 2. The molecule has 1 aromatic carbocycles. The summed E-state index contributed by atoms with van der Waals surface area (Å²) < 4.78 is 28.5. The summed E-state index contributed by atoms with van der Waals surface area (Å²) >= 11 is 0. The molecule has 0 aliphatic heterocycles. The molecule has 2 aromatic rings. The van der Waals surface area contributed by atoms with E-state index in [-0.39, 0.29) is 5.75 Å². The molecule has 0 atom stereocenters. The van der Waals surface area contributed by atoms with Crippen LogP contribution in [-0.2, 0) is 6.42 Å². The maximum Gasteiger partial charge on any atom is 0.387 e. The van der Waals surface area contributed by atoms with Gasteiger partial charge in [-0.15, -0.1) is 0 Å². The maximum atomic E-state index is 12.1. The first-order valence-corrected chi connectivity index (χ1v) is 6.52. The quantitative estimate of drug-likeness (QED) is 0.633. The molecule has 0 saturated heterocycles. The molecule has 0 aliphatic carbocycles. The van der Waals surface area contributed by atoms with E-state index < -0.39 is 6.61 Å². The summed E-state index contributed by atoms with van der Waals surface area (Å²) in [4.78, 5) is 8.70. The van der Waals surface area contributed by atoms with Gasteiger partial charge < -0.3 is 10.2 Å². The first-order chi connectivity index (χ1) is 10.1. The molecule has 0 aliphatic rings. The summed E-state index contributed by atoms with van der Waals surface area (Å²) in [6.07, 6.45) is 1.75. The highest BCUT2D eigenvalue weighted by atomic mass is 19.3. The molecular formula is C14H16F2N4O. The highest BCUT2D eigenvalue weighted by Crippen LogP contribution is 2.22. The Bertz CT molecular complexity index is 590. The van der Waals surface area contributed by atoms with Gasteiger partial charge in [0.2, 0.25) is 0 Å². The largest absolute Gasteiger partial charge is 0.435 e. The van der Waals surface area contributed by atoms with Crippen LogP contribution in [0.4, 0.5) is 14.6 Å². The molecule has 0 fully saturated rings. The Morgan fingerprint density at radius 1 is 1.24 bits per heavy atom. The number of nitrogens with two attached hydrogens (primary N) is 1. The summed E-state index contributed by atoms with van der Waals surface area (Å²) in [5, 5.41) is 0. The van der Waals surface area contributed by atoms with Gasteiger partial charge in [-0.3, -0.25) is 0 Å². The smallest absolute Gasteiger partial charge is 0.387 e. The van der Waals surface area contributed by atoms with Crippen LogP contribution in [0, 0.1) is 0 Å². The molecule has 3 N–H and O–H groups in total. The fraction of sp³-hybridized carbons (Fsp3) is 0.286. The molecule has 0 radical (unpaired) electrons. The molecule has 0 saturated carbocycles. The predicted molar refractivity (Wildman–Crippen MR) is 75.9 cm³/mol. The van der Waals surface area contributed by atoms with Crippen LogP contribution in [0.15, 0.2) is 30.3 Å². The van der Waals surface area contributed by atoms with Crippen molar-refractivity contribution < 1.29 is 13.5 Å². The Morgan fingerprint density at radius 3 is 2.52 bits per heavy atom. The molecular weight excluding hydrogens is 278 g/mol. The van der Waals surface area contributed by atoms with Crippen LogP contribution >= 0.6 is 0 Å². The van der Waals surface area contributed by atoms with Crippen LogP contribution in [0.25, 0.3) is 11.4 Å². The van der Waals surface area contributed by atoms with Gasteiger partial charge in [-0.2, -0.15) is 8.78 Å². The lowest BCUT2D eigenvalue weighted by Crippen LogP contribution is -2.10. The van der Waals surface area contributed by atoms with Crippen molar-refractivity contribution in [3.63, 3.8) is 0 Å². The van der Waals surface area contributed by atoms with Gasteiger partial charge in [0, 0.05) is 17.3 Å². The van der Waals surface area contributed by atoms with E-state index in [0.717, 1.165) is 18.5 Å². The minimum Gasteiger partial charge on any atom is -0.435 e. The van der Waals surface area contributed by atoms with E-state index in [1.807, 2.05) is 6.92 Å². The molecule has 7 heteroatoms. The molecule has 0 bridgehead atoms. The molecule has 1 heterocycles. The molecule has 0 amide bonds. The highest BCUT2D eigenvalue weighted by molar-refractivity contribution is 5.58. The van der Waals surface area contributed by atoms with E-state index in [1.165, 1.54) is 12.1 Å². The van der Waals surface area contributed by atoms with Crippen molar-refractivity contribution in [2.24, 2.45) is 5.84 Å². The summed E-state index contributed by atoms with van der Waals surface area (Å²) in [5.74, 6) is 6.48. The average Bonchev–Trinajstić information content (AvgIpc) is 2.47. The van der Waals surface area contributed by atoms with E-state index in [4.69, 9.17) is 5.84 Å². The van der Waals surface area contributed by atoms with Gasteiger partial charge in [0.15, 0.2) is 5.82 Å². The predicted octanol–water partition coefficient (Wildman–Crippen LogP) is 2.98. The van der Waals surface area contributed by atoms with E-state index >= 15 is 0 Å². The number of aryl methyl sites for hydroxylation is 1. The van der Waals surface area contributed by atoms with Gasteiger partial charge >= 0.3 is 6.61 Å². The van der Waals surface area contributed by atoms with E-state index in [9.17, 15) is 8.78 Å². The zero-order valence-corrected chi connectivity index (χ0v) is 11.5. The first-order valence-electron chi connectivity index (χ1n) is 6.52. The lowest BCUT2D eigenvalue weighted by Gasteiger charge is -2.08.